The molecule has 2 aromatic carbocycles. The van der Waals surface area contributed by atoms with Gasteiger partial charge in [0, 0.05) is 54.2 Å². The van der Waals surface area contributed by atoms with Gasteiger partial charge in [-0.3, -0.25) is 15.6 Å². The minimum atomic E-state index is -4.48. The second-order valence-corrected chi connectivity index (χ2v) is 14.9. The molecule has 3 aliphatic carbocycles. The summed E-state index contributed by atoms with van der Waals surface area (Å²) in [7, 11) is 0. The van der Waals surface area contributed by atoms with Crippen molar-refractivity contribution in [2.45, 2.75) is 89.3 Å². The molecular weight excluding hydrogens is 659 g/mol. The summed E-state index contributed by atoms with van der Waals surface area (Å²) in [4.78, 5) is 19.8. The van der Waals surface area contributed by atoms with Gasteiger partial charge in [-0.25, -0.2) is 4.98 Å². The number of hydrogen-bond acceptors (Lipinski definition) is 9. The van der Waals surface area contributed by atoms with E-state index in [1.165, 1.54) is 19.1 Å². The molecule has 12 heteroatoms. The maximum atomic E-state index is 13.9. The molecule has 51 heavy (non-hydrogen) atoms. The molecule has 4 aliphatic rings. The Hall–Kier alpha value is -4.74. The molecule has 0 unspecified atom stereocenters. The molecule has 0 atom stereocenters. The molecule has 3 heterocycles. The first kappa shape index (κ1) is 33.4. The number of nitrogens with zero attached hydrogens (tertiary/aromatic N) is 3. The number of piperidine rings is 1. The summed E-state index contributed by atoms with van der Waals surface area (Å²) in [6, 6.07) is 13.2. The van der Waals surface area contributed by atoms with Gasteiger partial charge >= 0.3 is 6.18 Å². The third-order valence-corrected chi connectivity index (χ3v) is 11.2. The van der Waals surface area contributed by atoms with Gasteiger partial charge in [0.15, 0.2) is 5.90 Å². The molecular formula is C39H40F3N5O4. The van der Waals surface area contributed by atoms with Crippen molar-refractivity contribution in [3.63, 3.8) is 0 Å². The quantitative estimate of drug-likeness (QED) is 0.101. The minimum Gasteiger partial charge on any atom is -0.490 e. The second-order valence-electron chi connectivity index (χ2n) is 14.9. The smallest absolute Gasteiger partial charge is 0.417 e. The molecule has 3 saturated carbocycles. The number of fused-ring (bicyclic) bond motifs is 1. The topological polar surface area (TPSA) is 125 Å². The highest BCUT2D eigenvalue weighted by molar-refractivity contribution is 6.42. The summed E-state index contributed by atoms with van der Waals surface area (Å²) >= 11 is 0. The molecule has 1 saturated heterocycles. The first-order valence-electron chi connectivity index (χ1n) is 17.8. The predicted octanol–water partition coefficient (Wildman–Crippen LogP) is 9.13. The Morgan fingerprint density at radius 2 is 1.78 bits per heavy atom. The lowest BCUT2D eigenvalue weighted by molar-refractivity contribution is -0.137. The number of nitrogens with one attached hydrogen (secondary N) is 2. The van der Waals surface area contributed by atoms with Gasteiger partial charge in [0.25, 0.3) is 11.7 Å². The Bertz CT molecular complexity index is 2020. The van der Waals surface area contributed by atoms with Crippen molar-refractivity contribution in [3.05, 3.63) is 71.1 Å². The Labute approximate surface area is 293 Å². The van der Waals surface area contributed by atoms with Crippen LogP contribution in [-0.4, -0.2) is 46.9 Å². The Morgan fingerprint density at radius 1 is 1.04 bits per heavy atom. The SMILES string of the molecule is CC(=N)OC(=N)C(=O)c1cc(OC2CCC2)c2cc(N3CCC4(CC3)CC(Cc3c(-c5ccccc5C(F)(F)F)noc3C3CC3)C4)ccc2n1. The average Bonchev–Trinajstić information content (AvgIpc) is 3.83. The van der Waals surface area contributed by atoms with E-state index in [1.807, 2.05) is 12.1 Å². The van der Waals surface area contributed by atoms with Crippen LogP contribution in [0.15, 0.2) is 53.1 Å². The third-order valence-electron chi connectivity index (χ3n) is 11.2. The number of benzene rings is 2. The summed E-state index contributed by atoms with van der Waals surface area (Å²) in [6.45, 7) is 3.12. The molecule has 9 nitrogen and oxygen atoms in total. The zero-order valence-electron chi connectivity index (χ0n) is 28.4. The van der Waals surface area contributed by atoms with Crippen molar-refractivity contribution >= 4 is 34.2 Å². The van der Waals surface area contributed by atoms with E-state index in [1.54, 1.807) is 12.1 Å². The van der Waals surface area contributed by atoms with Crippen LogP contribution < -0.4 is 9.64 Å². The van der Waals surface area contributed by atoms with E-state index in [-0.39, 0.29) is 34.6 Å². The van der Waals surface area contributed by atoms with Crippen LogP contribution in [0.3, 0.4) is 0 Å². The number of halogens is 3. The van der Waals surface area contributed by atoms with Crippen LogP contribution in [0, 0.1) is 22.2 Å². The first-order valence-corrected chi connectivity index (χ1v) is 17.8. The molecule has 0 radical (unpaired) electrons. The number of rotatable bonds is 9. The third kappa shape index (κ3) is 6.60. The number of alkyl halides is 3. The molecule has 2 aromatic heterocycles. The van der Waals surface area contributed by atoms with E-state index in [2.05, 4.69) is 21.1 Å². The van der Waals surface area contributed by atoms with Crippen LogP contribution >= 0.6 is 0 Å². The molecule has 1 aliphatic heterocycles. The van der Waals surface area contributed by atoms with E-state index >= 15 is 0 Å². The van der Waals surface area contributed by atoms with Crippen LogP contribution in [0.25, 0.3) is 22.2 Å². The zero-order valence-corrected chi connectivity index (χ0v) is 28.4. The lowest BCUT2D eigenvalue weighted by atomic mass is 9.56. The lowest BCUT2D eigenvalue weighted by Gasteiger charge is -2.53. The fourth-order valence-corrected chi connectivity index (χ4v) is 8.16. The zero-order chi connectivity index (χ0) is 35.5. The van der Waals surface area contributed by atoms with E-state index in [0.29, 0.717) is 29.3 Å². The maximum absolute atomic E-state index is 13.9. The number of carbonyl (C=O) groups excluding carboxylic acids is 1. The predicted molar refractivity (Wildman–Crippen MR) is 186 cm³/mol. The standard InChI is InChI=1S/C39H40F3N5O4/c1-22(43)49-37(44)35(48)32-19-33(50-26-5-4-6-26)28-18-25(11-12-31(28)45-32)47-15-13-38(14-16-47)20-23(21-38)17-29-34(46-51-36(29)24-9-10-24)27-7-2-3-8-30(27)39(40,41)42/h2-3,7-8,11-12,18-19,23-24,26,43-44H,4-6,9-10,13-17,20-21H2,1H3. The molecule has 4 aromatic rings. The molecule has 1 spiro atoms. The van der Waals surface area contributed by atoms with Gasteiger partial charge in [-0.15, -0.1) is 0 Å². The number of Topliss-reactive ketones (excluding diaryl/α,β-unsaturated/α-hetero) is 1. The van der Waals surface area contributed by atoms with Crippen LogP contribution in [-0.2, 0) is 17.3 Å². The highest BCUT2D eigenvalue weighted by Gasteiger charge is 2.47. The molecule has 266 valence electrons. The Morgan fingerprint density at radius 3 is 2.45 bits per heavy atom. The summed E-state index contributed by atoms with van der Waals surface area (Å²) in [5, 5.41) is 20.5. The monoisotopic (exact) mass is 699 g/mol. The van der Waals surface area contributed by atoms with Gasteiger partial charge in [0.1, 0.15) is 22.9 Å². The van der Waals surface area contributed by atoms with E-state index in [0.717, 1.165) is 99.3 Å². The maximum Gasteiger partial charge on any atom is 0.417 e. The molecule has 8 rings (SSSR count). The summed E-state index contributed by atoms with van der Waals surface area (Å²) in [6.07, 6.45) is 5.32. The van der Waals surface area contributed by atoms with Crippen molar-refractivity contribution < 1.29 is 32.0 Å². The van der Waals surface area contributed by atoms with Gasteiger partial charge in [-0.2, -0.15) is 13.2 Å². The molecule has 2 N–H and O–H groups in total. The number of pyridine rings is 1. The van der Waals surface area contributed by atoms with Gasteiger partial charge < -0.3 is 18.9 Å². The fraction of sp³-hybridized carbons (Fsp3) is 0.462. The number of carbonyl (C=O) groups is 1. The van der Waals surface area contributed by atoms with Gasteiger partial charge in [0.2, 0.25) is 0 Å². The summed E-state index contributed by atoms with van der Waals surface area (Å²) in [5.41, 5.74) is 2.52. The summed E-state index contributed by atoms with van der Waals surface area (Å²) < 4.78 is 58.8. The summed E-state index contributed by atoms with van der Waals surface area (Å²) in [5.74, 6) is 0.340. The highest BCUT2D eigenvalue weighted by Crippen LogP contribution is 2.55. The van der Waals surface area contributed by atoms with E-state index in [9.17, 15) is 18.0 Å². The van der Waals surface area contributed by atoms with Crippen molar-refractivity contribution in [2.24, 2.45) is 11.3 Å². The normalized spacial score (nSPS) is 19.1. The number of aromatic nitrogens is 2. The largest absolute Gasteiger partial charge is 0.490 e. The van der Waals surface area contributed by atoms with E-state index < -0.39 is 23.4 Å². The number of anilines is 1. The number of hydrogen-bond donors (Lipinski definition) is 2. The van der Waals surface area contributed by atoms with Crippen molar-refractivity contribution in [1.29, 1.82) is 10.8 Å². The van der Waals surface area contributed by atoms with Crippen LogP contribution in [0.2, 0.25) is 0 Å². The highest BCUT2D eigenvalue weighted by atomic mass is 19.4. The number of ether oxygens (including phenoxy) is 2. The fourth-order valence-electron chi connectivity index (χ4n) is 8.16. The Balaban J connectivity index is 0.964. The van der Waals surface area contributed by atoms with Crippen LogP contribution in [0.1, 0.15) is 98.0 Å². The van der Waals surface area contributed by atoms with Gasteiger partial charge in [0.05, 0.1) is 17.2 Å². The average molecular weight is 700 g/mol. The van der Waals surface area contributed by atoms with Crippen molar-refractivity contribution in [3.8, 4) is 17.0 Å². The van der Waals surface area contributed by atoms with Crippen molar-refractivity contribution in [1.82, 2.24) is 10.1 Å². The first-order chi connectivity index (χ1) is 24.5. The molecule has 0 amide bonds. The van der Waals surface area contributed by atoms with Crippen LogP contribution in [0.4, 0.5) is 18.9 Å². The van der Waals surface area contributed by atoms with E-state index in [4.69, 9.17) is 24.8 Å². The lowest BCUT2D eigenvalue weighted by Crippen LogP contribution is -2.47. The van der Waals surface area contributed by atoms with Crippen molar-refractivity contribution in [2.75, 3.05) is 18.0 Å². The van der Waals surface area contributed by atoms with Crippen LogP contribution in [0.5, 0.6) is 5.75 Å². The van der Waals surface area contributed by atoms with Gasteiger partial charge in [-0.1, -0.05) is 23.4 Å². The number of ketones is 1. The molecule has 0 bridgehead atoms. The van der Waals surface area contributed by atoms with Gasteiger partial charge in [-0.05, 0) is 99.8 Å². The molecule has 4 fully saturated rings. The second kappa shape index (κ2) is 12.8. The Kier molecular flexibility index (Phi) is 8.38. The minimum absolute atomic E-state index is 0.0439.